The molecule has 14 atom stereocenters. The predicted molar refractivity (Wildman–Crippen MR) is 262 cm³/mol. The lowest BCUT2D eigenvalue weighted by molar-refractivity contribution is -0.239. The molecular formula is C51H84O20S. The van der Waals surface area contributed by atoms with Crippen LogP contribution in [-0.4, -0.2) is 217 Å². The zero-order valence-electron chi connectivity index (χ0n) is 42.9. The van der Waals surface area contributed by atoms with Gasteiger partial charge in [-0.2, -0.15) is 0 Å². The van der Waals surface area contributed by atoms with E-state index in [4.69, 9.17) is 52.1 Å². The molecule has 0 aliphatic carbocycles. The second-order valence-corrected chi connectivity index (χ2v) is 20.9. The van der Waals surface area contributed by atoms with Crippen LogP contribution >= 0.6 is 0 Å². The summed E-state index contributed by atoms with van der Waals surface area (Å²) in [5.74, 6) is 0.287. The Hall–Kier alpha value is -2.65. The summed E-state index contributed by atoms with van der Waals surface area (Å²) in [5, 5.41) is 74.8. The lowest BCUT2D eigenvalue weighted by Crippen LogP contribution is -2.58. The van der Waals surface area contributed by atoms with E-state index in [1.807, 2.05) is 34.6 Å². The molecule has 0 aromatic heterocycles. The number of methoxy groups -OCH3 is 1. The minimum atomic E-state index is -3.80. The Kier molecular flexibility index (Phi) is 28.1. The fraction of sp³-hybridized carbons (Fsp3) is 0.765. The van der Waals surface area contributed by atoms with E-state index in [9.17, 15) is 44.2 Å². The Morgan fingerprint density at radius 2 is 1.12 bits per heavy atom. The van der Waals surface area contributed by atoms with Crippen LogP contribution in [0.25, 0.3) is 0 Å². The van der Waals surface area contributed by atoms with Gasteiger partial charge in [0.15, 0.2) is 0 Å². The summed E-state index contributed by atoms with van der Waals surface area (Å²) in [4.78, 5) is 0.182. The average Bonchev–Trinajstić information content (AvgIpc) is 3.35. The molecule has 4 rings (SSSR count). The molecule has 2 aromatic rings. The summed E-state index contributed by atoms with van der Waals surface area (Å²) in [6, 6.07) is 12.0. The van der Waals surface area contributed by atoms with E-state index in [0.717, 1.165) is 6.42 Å². The Labute approximate surface area is 425 Å². The molecule has 0 spiro atoms. The largest absolute Gasteiger partial charge is 0.497 e. The Morgan fingerprint density at radius 1 is 0.583 bits per heavy atom. The highest BCUT2D eigenvalue weighted by Crippen LogP contribution is 2.32. The van der Waals surface area contributed by atoms with Gasteiger partial charge in [0.25, 0.3) is 0 Å². The van der Waals surface area contributed by atoms with Crippen LogP contribution < -0.4 is 9.47 Å². The van der Waals surface area contributed by atoms with Gasteiger partial charge >= 0.3 is 0 Å². The zero-order valence-corrected chi connectivity index (χ0v) is 43.7. The van der Waals surface area contributed by atoms with Crippen LogP contribution in [0.5, 0.6) is 11.5 Å². The number of rotatable bonds is 36. The monoisotopic (exact) mass is 1050 g/mol. The van der Waals surface area contributed by atoms with Gasteiger partial charge in [0.1, 0.15) is 60.8 Å². The van der Waals surface area contributed by atoms with E-state index < -0.39 is 82.9 Å². The summed E-state index contributed by atoms with van der Waals surface area (Å²) in [7, 11) is -2.30. The Balaban J connectivity index is 1.21. The molecule has 2 fully saturated rings. The number of ether oxygens (including phenoxy) is 11. The quantitative estimate of drug-likeness (QED) is 0.0481. The molecule has 2 aliphatic heterocycles. The fourth-order valence-corrected chi connectivity index (χ4v) is 9.76. The van der Waals surface area contributed by atoms with E-state index in [1.54, 1.807) is 12.1 Å². The van der Waals surface area contributed by atoms with Crippen molar-refractivity contribution in [1.82, 2.24) is 0 Å². The molecule has 0 bridgehead atoms. The smallest absolute Gasteiger partial charge is 0.206 e. The van der Waals surface area contributed by atoms with E-state index in [2.05, 4.69) is 0 Å². The molecule has 2 heterocycles. The number of hydrogen-bond donors (Lipinski definition) is 7. The van der Waals surface area contributed by atoms with Crippen LogP contribution in [-0.2, 0) is 52.5 Å². The number of aliphatic hydroxyl groups is 7. The van der Waals surface area contributed by atoms with Gasteiger partial charge in [0.2, 0.25) is 9.84 Å². The van der Waals surface area contributed by atoms with Crippen molar-refractivity contribution in [2.24, 2.45) is 17.8 Å². The minimum absolute atomic E-state index is 0.0396. The van der Waals surface area contributed by atoms with E-state index >= 15 is 0 Å². The van der Waals surface area contributed by atoms with Crippen LogP contribution in [0, 0.1) is 17.8 Å². The maximum absolute atomic E-state index is 13.2. The number of aliphatic hydroxyl groups excluding tert-OH is 7. The highest BCUT2D eigenvalue weighted by molar-refractivity contribution is 7.91. The summed E-state index contributed by atoms with van der Waals surface area (Å²) in [5.41, 5.74) is 0. The normalized spacial score (nSPS) is 26.6. The van der Waals surface area contributed by atoms with Crippen molar-refractivity contribution in [3.05, 3.63) is 48.5 Å². The number of hydrogen-bond acceptors (Lipinski definition) is 20. The van der Waals surface area contributed by atoms with Crippen molar-refractivity contribution in [3.63, 3.8) is 0 Å². The third-order valence-corrected chi connectivity index (χ3v) is 14.3. The first kappa shape index (κ1) is 61.9. The Bertz CT molecular complexity index is 1840. The lowest BCUT2D eigenvalue weighted by Gasteiger charge is -2.44. The summed E-state index contributed by atoms with van der Waals surface area (Å²) in [6.07, 6.45) is -7.93. The van der Waals surface area contributed by atoms with E-state index in [0.29, 0.717) is 37.4 Å². The highest BCUT2D eigenvalue weighted by Gasteiger charge is 2.46. The molecule has 72 heavy (non-hydrogen) atoms. The van der Waals surface area contributed by atoms with Crippen LogP contribution in [0.2, 0.25) is 0 Å². The van der Waals surface area contributed by atoms with Gasteiger partial charge < -0.3 is 87.9 Å². The molecule has 0 saturated carbocycles. The first-order valence-electron chi connectivity index (χ1n) is 25.3. The lowest BCUT2D eigenvalue weighted by atomic mass is 9.84. The molecule has 7 N–H and O–H groups in total. The van der Waals surface area contributed by atoms with Crippen molar-refractivity contribution in [3.8, 4) is 11.5 Å². The van der Waals surface area contributed by atoms with Gasteiger partial charge in [-0.3, -0.25) is 0 Å². The molecule has 2 saturated heterocycles. The first-order valence-corrected chi connectivity index (χ1v) is 26.7. The van der Waals surface area contributed by atoms with Crippen molar-refractivity contribution in [2.45, 2.75) is 143 Å². The average molecular weight is 1050 g/mol. The van der Waals surface area contributed by atoms with Gasteiger partial charge in [-0.25, -0.2) is 8.42 Å². The van der Waals surface area contributed by atoms with Gasteiger partial charge in [-0.1, -0.05) is 27.2 Å². The van der Waals surface area contributed by atoms with E-state index in [1.165, 1.54) is 43.5 Å². The number of benzene rings is 2. The third kappa shape index (κ3) is 20.5. The second-order valence-electron chi connectivity index (χ2n) is 19.0. The topological polar surface area (TPSA) is 277 Å². The van der Waals surface area contributed by atoms with Crippen LogP contribution in [0.4, 0.5) is 0 Å². The summed E-state index contributed by atoms with van der Waals surface area (Å²) in [6.45, 7) is 10.2. The van der Waals surface area contributed by atoms with Crippen molar-refractivity contribution in [1.29, 1.82) is 0 Å². The fourth-order valence-electron chi connectivity index (χ4n) is 8.50. The molecule has 414 valence electrons. The highest BCUT2D eigenvalue weighted by atomic mass is 32.2. The first-order chi connectivity index (χ1) is 34.5. The maximum Gasteiger partial charge on any atom is 0.206 e. The van der Waals surface area contributed by atoms with Gasteiger partial charge in [0.05, 0.1) is 113 Å². The van der Waals surface area contributed by atoms with Crippen LogP contribution in [0.3, 0.4) is 0 Å². The van der Waals surface area contributed by atoms with Crippen molar-refractivity contribution < 1.29 is 96.3 Å². The Morgan fingerprint density at radius 3 is 1.75 bits per heavy atom. The minimum Gasteiger partial charge on any atom is -0.497 e. The molecule has 14 unspecified atom stereocenters. The van der Waals surface area contributed by atoms with E-state index in [-0.39, 0.29) is 114 Å². The van der Waals surface area contributed by atoms with Crippen LogP contribution in [0.15, 0.2) is 58.3 Å². The molecular weight excluding hydrogens is 965 g/mol. The molecule has 0 amide bonds. The van der Waals surface area contributed by atoms with Crippen molar-refractivity contribution >= 4 is 9.84 Å². The molecule has 0 radical (unpaired) electrons. The molecule has 20 nitrogen and oxygen atoms in total. The predicted octanol–water partition coefficient (Wildman–Crippen LogP) is 1.96. The standard InChI is InChI=1S/C51H84O20S/c1-7-10-43-34(5)70-46(50(57)48(43)55)32-67-29-44-45(71-47(31-62-8-2)51(58)49(44)56)30-64-20-9-19-63-23-36(53)24-66-27-40(68-26-37(54)25-65-22-35(52)21-33(3)4)28-69-39-13-17-42(18-14-39)72(59,60)41-15-11-38(61-6)12-16-41/h11-18,33-37,40,43-58H,7-10,19-32H2,1-6H3. The van der Waals surface area contributed by atoms with Crippen molar-refractivity contribution in [2.75, 3.05) is 99.6 Å². The number of sulfone groups is 1. The third-order valence-electron chi connectivity index (χ3n) is 12.5. The molecule has 21 heteroatoms. The summed E-state index contributed by atoms with van der Waals surface area (Å²) < 4.78 is 89.8. The SMILES string of the molecule is CCCC1C(C)OC(COCC2C(COCCCOCC(O)COCC(COc3ccc(S(=O)(=O)c4ccc(OC)cc4)cc3)OCC(O)COCC(O)CC(C)C)OC(COCC)C(O)C2O)C(O)C1O. The molecule has 2 aliphatic rings. The molecule has 2 aromatic carbocycles. The second kappa shape index (κ2) is 32.7. The van der Waals surface area contributed by atoms with Gasteiger partial charge in [-0.15, -0.1) is 0 Å². The maximum atomic E-state index is 13.2. The van der Waals surface area contributed by atoms with Gasteiger partial charge in [-0.05, 0) is 87.6 Å². The van der Waals surface area contributed by atoms with Crippen LogP contribution in [0.1, 0.15) is 60.3 Å². The van der Waals surface area contributed by atoms with Gasteiger partial charge in [0, 0.05) is 31.7 Å². The summed E-state index contributed by atoms with van der Waals surface area (Å²) >= 11 is 0. The zero-order chi connectivity index (χ0) is 52.6.